The fourth-order valence-electron chi connectivity index (χ4n) is 1.79. The lowest BCUT2D eigenvalue weighted by Gasteiger charge is -2.22. The van der Waals surface area contributed by atoms with Crippen LogP contribution in [0.4, 0.5) is 10.1 Å². The summed E-state index contributed by atoms with van der Waals surface area (Å²) in [6, 6.07) is 3.01. The molecule has 4 nitrogen and oxygen atoms in total. The van der Waals surface area contributed by atoms with Crippen LogP contribution in [0.5, 0.6) is 0 Å². The zero-order chi connectivity index (χ0) is 10.9. The number of anilines is 1. The molecule has 82 valence electrons. The van der Waals surface area contributed by atoms with Crippen LogP contribution in [0.3, 0.4) is 0 Å². The highest BCUT2D eigenvalue weighted by Gasteiger charge is 2.35. The molecule has 1 aromatic heterocycles. The molecule has 1 aliphatic rings. The Kier molecular flexibility index (Phi) is 2.58. The molecule has 2 rings (SSSR count). The highest BCUT2D eigenvalue weighted by atomic mass is 19.1. The highest BCUT2D eigenvalue weighted by molar-refractivity contribution is 5.46. The molecule has 0 aliphatic carbocycles. The van der Waals surface area contributed by atoms with Gasteiger partial charge in [0.15, 0.2) is 0 Å². The Bertz CT molecular complexity index is 361. The lowest BCUT2D eigenvalue weighted by molar-refractivity contribution is 0.00476. The van der Waals surface area contributed by atoms with E-state index in [1.54, 1.807) is 6.07 Å². The minimum atomic E-state index is -1.06. The van der Waals surface area contributed by atoms with Gasteiger partial charge < -0.3 is 15.1 Å². The quantitative estimate of drug-likeness (QED) is 0.685. The second-order valence-electron chi connectivity index (χ2n) is 3.89. The van der Waals surface area contributed by atoms with Gasteiger partial charge in [0.1, 0.15) is 5.60 Å². The van der Waals surface area contributed by atoms with E-state index in [9.17, 15) is 9.50 Å². The fraction of sp³-hybridized carbons (Fsp3) is 0.500. The third-order valence-electron chi connectivity index (χ3n) is 2.70. The van der Waals surface area contributed by atoms with Gasteiger partial charge in [0.2, 0.25) is 5.95 Å². The van der Waals surface area contributed by atoms with Gasteiger partial charge in [-0.15, -0.1) is 0 Å². The van der Waals surface area contributed by atoms with Crippen LogP contribution >= 0.6 is 0 Å². The third kappa shape index (κ3) is 2.08. The van der Waals surface area contributed by atoms with Crippen LogP contribution in [0.15, 0.2) is 18.3 Å². The number of hydrogen-bond acceptors (Lipinski definition) is 4. The predicted octanol–water partition coefficient (Wildman–Crippen LogP) is 0.154. The summed E-state index contributed by atoms with van der Waals surface area (Å²) in [5, 5.41) is 18.8. The van der Waals surface area contributed by atoms with Crippen molar-refractivity contribution in [3.63, 3.8) is 0 Å². The average molecular weight is 212 g/mol. The number of rotatable bonds is 2. The van der Waals surface area contributed by atoms with Crippen molar-refractivity contribution in [2.45, 2.75) is 12.0 Å². The van der Waals surface area contributed by atoms with Crippen molar-refractivity contribution in [2.24, 2.45) is 0 Å². The number of aliphatic hydroxyl groups excluding tert-OH is 1. The Labute approximate surface area is 87.0 Å². The summed E-state index contributed by atoms with van der Waals surface area (Å²) in [6.45, 7) is 0.671. The lowest BCUT2D eigenvalue weighted by atomic mass is 10.1. The molecular formula is C10H13FN2O2. The molecule has 0 spiro atoms. The fourth-order valence-corrected chi connectivity index (χ4v) is 1.79. The van der Waals surface area contributed by atoms with Crippen molar-refractivity contribution < 1.29 is 14.6 Å². The minimum absolute atomic E-state index is 0.267. The zero-order valence-electron chi connectivity index (χ0n) is 8.23. The second kappa shape index (κ2) is 3.75. The number of hydrogen-bond donors (Lipinski definition) is 2. The number of β-amino-alcohol motifs (C(OH)–C–C–N with tert-alkyl or cyclic N) is 1. The maximum Gasteiger partial charge on any atom is 0.214 e. The molecule has 0 radical (unpaired) electrons. The molecule has 0 amide bonds. The molecular weight excluding hydrogens is 199 g/mol. The Morgan fingerprint density at radius 1 is 1.60 bits per heavy atom. The van der Waals surface area contributed by atoms with Gasteiger partial charge in [-0.2, -0.15) is 4.39 Å². The molecule has 0 aromatic carbocycles. The van der Waals surface area contributed by atoms with Gasteiger partial charge in [-0.25, -0.2) is 4.98 Å². The van der Waals surface area contributed by atoms with Crippen LogP contribution in [0.2, 0.25) is 0 Å². The molecule has 1 aliphatic heterocycles. The van der Waals surface area contributed by atoms with E-state index in [0.29, 0.717) is 25.2 Å². The number of halogens is 1. The molecule has 1 fully saturated rings. The summed E-state index contributed by atoms with van der Waals surface area (Å²) in [5.41, 5.74) is -0.369. The van der Waals surface area contributed by atoms with Crippen LogP contribution in [-0.2, 0) is 0 Å². The number of pyridine rings is 1. The Morgan fingerprint density at radius 3 is 3.00 bits per heavy atom. The first-order chi connectivity index (χ1) is 7.13. The van der Waals surface area contributed by atoms with Crippen LogP contribution in [0, 0.1) is 5.95 Å². The van der Waals surface area contributed by atoms with Gasteiger partial charge in [0.05, 0.1) is 6.61 Å². The first kappa shape index (κ1) is 10.3. The smallest absolute Gasteiger partial charge is 0.214 e. The van der Waals surface area contributed by atoms with Crippen LogP contribution in [0.1, 0.15) is 6.42 Å². The van der Waals surface area contributed by atoms with Gasteiger partial charge >= 0.3 is 0 Å². The van der Waals surface area contributed by atoms with Crippen molar-refractivity contribution >= 4 is 5.69 Å². The summed E-state index contributed by atoms with van der Waals surface area (Å²) in [7, 11) is 0. The average Bonchev–Trinajstić information content (AvgIpc) is 2.62. The van der Waals surface area contributed by atoms with Crippen molar-refractivity contribution in [1.29, 1.82) is 0 Å². The number of nitrogens with zero attached hydrogens (tertiary/aromatic N) is 2. The maximum atomic E-state index is 12.8. The van der Waals surface area contributed by atoms with Crippen molar-refractivity contribution in [2.75, 3.05) is 24.6 Å². The third-order valence-corrected chi connectivity index (χ3v) is 2.70. The molecule has 0 bridgehead atoms. The Balaban J connectivity index is 2.14. The van der Waals surface area contributed by atoms with E-state index in [4.69, 9.17) is 5.11 Å². The lowest BCUT2D eigenvalue weighted by Crippen LogP contribution is -2.36. The van der Waals surface area contributed by atoms with Gasteiger partial charge in [0.25, 0.3) is 0 Å². The van der Waals surface area contributed by atoms with E-state index in [-0.39, 0.29) is 6.61 Å². The number of aromatic nitrogens is 1. The van der Waals surface area contributed by atoms with E-state index in [1.165, 1.54) is 12.3 Å². The van der Waals surface area contributed by atoms with Gasteiger partial charge in [-0.05, 0) is 12.5 Å². The van der Waals surface area contributed by atoms with E-state index in [1.807, 2.05) is 4.90 Å². The SMILES string of the molecule is OCC1(O)CCN(c2ccnc(F)c2)C1. The van der Waals surface area contributed by atoms with Gasteiger partial charge in [-0.3, -0.25) is 0 Å². The molecule has 1 aromatic rings. The van der Waals surface area contributed by atoms with Gasteiger partial charge in [0, 0.05) is 31.0 Å². The number of aliphatic hydroxyl groups is 2. The molecule has 1 atom stereocenters. The standard InChI is InChI=1S/C10H13FN2O2/c11-9-5-8(1-3-12-9)13-4-2-10(15,6-13)7-14/h1,3,5,14-15H,2,4,6-7H2. The summed E-state index contributed by atoms with van der Waals surface area (Å²) in [4.78, 5) is 5.30. The van der Waals surface area contributed by atoms with Crippen molar-refractivity contribution in [3.05, 3.63) is 24.3 Å². The normalized spacial score (nSPS) is 25.9. The summed E-state index contributed by atoms with van der Waals surface area (Å²) in [6.07, 6.45) is 1.88. The summed E-state index contributed by atoms with van der Waals surface area (Å²) < 4.78 is 12.8. The highest BCUT2D eigenvalue weighted by Crippen LogP contribution is 2.26. The van der Waals surface area contributed by atoms with E-state index in [0.717, 1.165) is 0 Å². The molecule has 1 unspecified atom stereocenters. The maximum absolute atomic E-state index is 12.8. The minimum Gasteiger partial charge on any atom is -0.393 e. The van der Waals surface area contributed by atoms with Gasteiger partial charge in [-0.1, -0.05) is 0 Å². The Hall–Kier alpha value is -1.20. The molecule has 2 N–H and O–H groups in total. The summed E-state index contributed by atoms with van der Waals surface area (Å²) in [5.74, 6) is -0.535. The van der Waals surface area contributed by atoms with E-state index < -0.39 is 11.5 Å². The molecule has 2 heterocycles. The summed E-state index contributed by atoms with van der Waals surface area (Å²) >= 11 is 0. The monoisotopic (exact) mass is 212 g/mol. The Morgan fingerprint density at radius 2 is 2.40 bits per heavy atom. The van der Waals surface area contributed by atoms with Crippen molar-refractivity contribution in [1.82, 2.24) is 4.98 Å². The largest absolute Gasteiger partial charge is 0.393 e. The molecule has 5 heteroatoms. The topological polar surface area (TPSA) is 56.6 Å². The molecule has 1 saturated heterocycles. The molecule has 0 saturated carbocycles. The van der Waals surface area contributed by atoms with E-state index in [2.05, 4.69) is 4.98 Å². The van der Waals surface area contributed by atoms with E-state index >= 15 is 0 Å². The van der Waals surface area contributed by atoms with Crippen LogP contribution < -0.4 is 4.90 Å². The second-order valence-corrected chi connectivity index (χ2v) is 3.89. The molecule has 15 heavy (non-hydrogen) atoms. The zero-order valence-corrected chi connectivity index (χ0v) is 8.23. The first-order valence-corrected chi connectivity index (χ1v) is 4.83. The van der Waals surface area contributed by atoms with Crippen LogP contribution in [0.25, 0.3) is 0 Å². The van der Waals surface area contributed by atoms with Crippen LogP contribution in [-0.4, -0.2) is 40.5 Å². The van der Waals surface area contributed by atoms with Crippen molar-refractivity contribution in [3.8, 4) is 0 Å². The first-order valence-electron chi connectivity index (χ1n) is 4.83. The predicted molar refractivity (Wildman–Crippen MR) is 53.1 cm³/mol.